The minimum absolute atomic E-state index is 0.0364. The summed E-state index contributed by atoms with van der Waals surface area (Å²) in [5.74, 6) is 0.301. The summed E-state index contributed by atoms with van der Waals surface area (Å²) in [5.41, 5.74) is 1.71. The Labute approximate surface area is 155 Å². The molecule has 1 saturated heterocycles. The molecule has 0 atom stereocenters. The van der Waals surface area contributed by atoms with E-state index >= 15 is 0 Å². The lowest BCUT2D eigenvalue weighted by Gasteiger charge is -2.38. The van der Waals surface area contributed by atoms with Crippen molar-refractivity contribution in [3.8, 4) is 5.75 Å². The quantitative estimate of drug-likeness (QED) is 0.658. The fourth-order valence-electron chi connectivity index (χ4n) is 2.86. The van der Waals surface area contributed by atoms with Crippen molar-refractivity contribution >= 4 is 5.91 Å². The van der Waals surface area contributed by atoms with Crippen LogP contribution in [0, 0.1) is 12.7 Å². The largest absolute Gasteiger partial charge is 0.487 e. The molecule has 140 valence electrons. The van der Waals surface area contributed by atoms with E-state index in [-0.39, 0.29) is 30.9 Å². The predicted molar refractivity (Wildman–Crippen MR) is 93.3 cm³/mol. The monoisotopic (exact) mass is 370 g/mol. The summed E-state index contributed by atoms with van der Waals surface area (Å²) < 4.78 is 21.8. The molecular weight excluding hydrogens is 351 g/mol. The SMILES string of the molecule is Cc1cnn(CC(=O)N2CC(n3cc(COc4ccc(F)cc4)nn3)C2)c1. The number of likely N-dealkylation sites (tertiary alicyclic amines) is 1. The van der Waals surface area contributed by atoms with Crippen LogP contribution in [-0.2, 0) is 17.9 Å². The van der Waals surface area contributed by atoms with Crippen LogP contribution in [0.25, 0.3) is 0 Å². The van der Waals surface area contributed by atoms with E-state index in [4.69, 9.17) is 4.74 Å². The number of hydrogen-bond acceptors (Lipinski definition) is 5. The molecule has 1 aliphatic rings. The van der Waals surface area contributed by atoms with E-state index in [1.165, 1.54) is 12.1 Å². The van der Waals surface area contributed by atoms with Gasteiger partial charge in [-0.25, -0.2) is 9.07 Å². The number of aromatic nitrogens is 5. The van der Waals surface area contributed by atoms with Gasteiger partial charge in [0.15, 0.2) is 0 Å². The van der Waals surface area contributed by atoms with Crippen LogP contribution in [0.3, 0.4) is 0 Å². The molecule has 1 fully saturated rings. The zero-order valence-corrected chi connectivity index (χ0v) is 14.8. The van der Waals surface area contributed by atoms with Crippen LogP contribution in [0.4, 0.5) is 4.39 Å². The summed E-state index contributed by atoms with van der Waals surface area (Å²) in [5, 5.41) is 12.3. The summed E-state index contributed by atoms with van der Waals surface area (Å²) in [6, 6.07) is 5.93. The topological polar surface area (TPSA) is 78.1 Å². The number of amides is 1. The van der Waals surface area contributed by atoms with Crippen molar-refractivity contribution in [2.45, 2.75) is 26.1 Å². The van der Waals surface area contributed by atoms with Crippen molar-refractivity contribution in [2.75, 3.05) is 13.1 Å². The normalized spacial score (nSPS) is 14.2. The van der Waals surface area contributed by atoms with Gasteiger partial charge in [0.2, 0.25) is 5.91 Å². The molecule has 8 nitrogen and oxygen atoms in total. The zero-order valence-electron chi connectivity index (χ0n) is 14.8. The van der Waals surface area contributed by atoms with Gasteiger partial charge in [0.25, 0.3) is 0 Å². The minimum Gasteiger partial charge on any atom is -0.487 e. The maximum Gasteiger partial charge on any atom is 0.244 e. The van der Waals surface area contributed by atoms with E-state index in [0.29, 0.717) is 24.5 Å². The molecule has 9 heteroatoms. The smallest absolute Gasteiger partial charge is 0.244 e. The minimum atomic E-state index is -0.305. The second-order valence-corrected chi connectivity index (χ2v) is 6.60. The van der Waals surface area contributed by atoms with E-state index in [9.17, 15) is 9.18 Å². The van der Waals surface area contributed by atoms with Gasteiger partial charge in [0, 0.05) is 19.3 Å². The van der Waals surface area contributed by atoms with Gasteiger partial charge in [-0.2, -0.15) is 5.10 Å². The molecule has 0 bridgehead atoms. The van der Waals surface area contributed by atoms with Crippen LogP contribution in [-0.4, -0.2) is 48.7 Å². The highest BCUT2D eigenvalue weighted by Gasteiger charge is 2.32. The fraction of sp³-hybridized carbons (Fsp3) is 0.333. The lowest BCUT2D eigenvalue weighted by Crippen LogP contribution is -2.51. The fourth-order valence-corrected chi connectivity index (χ4v) is 2.86. The van der Waals surface area contributed by atoms with Crippen LogP contribution < -0.4 is 4.74 Å². The second kappa shape index (κ2) is 7.18. The van der Waals surface area contributed by atoms with Crippen LogP contribution in [0.1, 0.15) is 17.3 Å². The summed E-state index contributed by atoms with van der Waals surface area (Å²) in [7, 11) is 0. The number of halogens is 1. The summed E-state index contributed by atoms with van der Waals surface area (Å²) in [4.78, 5) is 14.0. The number of ether oxygens (including phenoxy) is 1. The summed E-state index contributed by atoms with van der Waals surface area (Å²) in [6.45, 7) is 3.63. The van der Waals surface area contributed by atoms with Gasteiger partial charge >= 0.3 is 0 Å². The molecule has 0 spiro atoms. The van der Waals surface area contributed by atoms with Crippen LogP contribution >= 0.6 is 0 Å². The number of carbonyl (C=O) groups is 1. The first-order chi connectivity index (χ1) is 13.1. The van der Waals surface area contributed by atoms with Crippen molar-refractivity contribution in [2.24, 2.45) is 0 Å². The van der Waals surface area contributed by atoms with Gasteiger partial charge in [-0.3, -0.25) is 9.48 Å². The molecule has 4 rings (SSSR count). The third kappa shape index (κ3) is 3.97. The van der Waals surface area contributed by atoms with Gasteiger partial charge in [0.05, 0.1) is 18.4 Å². The molecule has 3 aromatic rings. The van der Waals surface area contributed by atoms with Gasteiger partial charge in [-0.05, 0) is 36.8 Å². The van der Waals surface area contributed by atoms with Crippen molar-refractivity contribution < 1.29 is 13.9 Å². The molecule has 2 aromatic heterocycles. The van der Waals surface area contributed by atoms with E-state index in [2.05, 4.69) is 15.4 Å². The molecule has 0 unspecified atom stereocenters. The molecule has 1 aliphatic heterocycles. The summed E-state index contributed by atoms with van der Waals surface area (Å²) in [6.07, 6.45) is 5.39. The number of nitrogens with zero attached hydrogens (tertiary/aromatic N) is 6. The maximum atomic E-state index is 12.9. The third-order valence-corrected chi connectivity index (χ3v) is 4.41. The molecule has 0 aliphatic carbocycles. The van der Waals surface area contributed by atoms with E-state index in [1.807, 2.05) is 19.3 Å². The number of carbonyl (C=O) groups excluding carboxylic acids is 1. The van der Waals surface area contributed by atoms with Crippen LogP contribution in [0.2, 0.25) is 0 Å². The van der Waals surface area contributed by atoms with Gasteiger partial charge in [0.1, 0.15) is 30.4 Å². The summed E-state index contributed by atoms with van der Waals surface area (Å²) >= 11 is 0. The Bertz CT molecular complexity index is 929. The molecule has 1 aromatic carbocycles. The molecule has 1 amide bonds. The Morgan fingerprint density at radius 3 is 2.74 bits per heavy atom. The first-order valence-electron chi connectivity index (χ1n) is 8.63. The first kappa shape index (κ1) is 17.2. The predicted octanol–water partition coefficient (Wildman–Crippen LogP) is 1.58. The van der Waals surface area contributed by atoms with E-state index in [1.54, 1.807) is 32.6 Å². The van der Waals surface area contributed by atoms with Gasteiger partial charge in [-0.15, -0.1) is 5.10 Å². The first-order valence-corrected chi connectivity index (χ1v) is 8.63. The molecule has 0 N–H and O–H groups in total. The van der Waals surface area contributed by atoms with Crippen molar-refractivity contribution in [1.29, 1.82) is 0 Å². The molecule has 3 heterocycles. The highest BCUT2D eigenvalue weighted by atomic mass is 19.1. The number of hydrogen-bond donors (Lipinski definition) is 0. The highest BCUT2D eigenvalue weighted by molar-refractivity contribution is 5.76. The lowest BCUT2D eigenvalue weighted by atomic mass is 10.1. The second-order valence-electron chi connectivity index (χ2n) is 6.60. The molecule has 0 saturated carbocycles. The van der Waals surface area contributed by atoms with Gasteiger partial charge in [-0.1, -0.05) is 5.21 Å². The Hall–Kier alpha value is -3.23. The number of benzene rings is 1. The average molecular weight is 370 g/mol. The maximum absolute atomic E-state index is 12.9. The van der Waals surface area contributed by atoms with E-state index < -0.39 is 0 Å². The van der Waals surface area contributed by atoms with Gasteiger partial charge < -0.3 is 9.64 Å². The van der Waals surface area contributed by atoms with Crippen LogP contribution in [0.5, 0.6) is 5.75 Å². The number of rotatable bonds is 6. The standard InChI is InChI=1S/C18H19FN6O2/c1-13-6-20-24(7-13)11-18(26)23-9-16(10-23)25-8-15(21-22-25)12-27-17-4-2-14(19)3-5-17/h2-8,16H,9-12H2,1H3. The Morgan fingerprint density at radius 1 is 1.26 bits per heavy atom. The number of aryl methyl sites for hydroxylation is 1. The molecular formula is C18H19FN6O2. The Kier molecular flexibility index (Phi) is 4.57. The van der Waals surface area contributed by atoms with Crippen molar-refractivity contribution in [3.63, 3.8) is 0 Å². The third-order valence-electron chi connectivity index (χ3n) is 4.41. The van der Waals surface area contributed by atoms with Crippen molar-refractivity contribution in [1.82, 2.24) is 29.7 Å². The Balaban J connectivity index is 1.26. The lowest BCUT2D eigenvalue weighted by molar-refractivity contribution is -0.138. The van der Waals surface area contributed by atoms with E-state index in [0.717, 1.165) is 5.56 Å². The Morgan fingerprint density at radius 2 is 2.04 bits per heavy atom. The zero-order chi connectivity index (χ0) is 18.8. The highest BCUT2D eigenvalue weighted by Crippen LogP contribution is 2.21. The average Bonchev–Trinajstić information content (AvgIpc) is 3.22. The molecule has 27 heavy (non-hydrogen) atoms. The molecule has 0 radical (unpaired) electrons. The van der Waals surface area contributed by atoms with Crippen molar-refractivity contribution in [3.05, 3.63) is 59.9 Å². The van der Waals surface area contributed by atoms with Crippen LogP contribution in [0.15, 0.2) is 42.9 Å².